The van der Waals surface area contributed by atoms with Gasteiger partial charge in [0.05, 0.1) is 25.5 Å². The molecule has 10 heteroatoms. The Morgan fingerprint density at radius 3 is 2.56 bits per heavy atom. The van der Waals surface area contributed by atoms with E-state index in [0.717, 1.165) is 11.1 Å². The molecule has 0 atom stereocenters. The van der Waals surface area contributed by atoms with Crippen molar-refractivity contribution in [3.63, 3.8) is 0 Å². The van der Waals surface area contributed by atoms with Crippen molar-refractivity contribution in [3.05, 3.63) is 78.2 Å². The number of carbonyl (C=O) groups is 2. The molecule has 1 N–H and O–H groups in total. The molecular weight excluding hydrogens is 496 g/mol. The Bertz CT molecular complexity index is 1380. The molecule has 0 fully saturated rings. The minimum absolute atomic E-state index is 0.0698. The minimum atomic E-state index is -0.509. The molecule has 0 unspecified atom stereocenters. The molecule has 0 aliphatic carbocycles. The number of hydrogen-bond donors (Lipinski definition) is 1. The van der Waals surface area contributed by atoms with Crippen LogP contribution in [-0.4, -0.2) is 46.6 Å². The molecule has 0 radical (unpaired) electrons. The number of allylic oxidation sites excluding steroid dienone is 1. The van der Waals surface area contributed by atoms with Gasteiger partial charge in [0.25, 0.3) is 0 Å². The van der Waals surface area contributed by atoms with Gasteiger partial charge >= 0.3 is 5.97 Å². The zero-order valence-electron chi connectivity index (χ0n) is 19.8. The number of para-hydroxylation sites is 1. The Morgan fingerprint density at radius 1 is 1.08 bits per heavy atom. The number of methoxy groups -OCH3 is 2. The molecule has 1 amide bonds. The first-order chi connectivity index (χ1) is 17.6. The van der Waals surface area contributed by atoms with Crippen LogP contribution in [0.3, 0.4) is 0 Å². The lowest BCUT2D eigenvalue weighted by Gasteiger charge is -2.11. The maximum absolute atomic E-state index is 12.9. The summed E-state index contributed by atoms with van der Waals surface area (Å²) < 4.78 is 12.3. The minimum Gasteiger partial charge on any atom is -0.496 e. The molecule has 2 aromatic carbocycles. The van der Waals surface area contributed by atoms with Crippen LogP contribution in [0.2, 0.25) is 0 Å². The summed E-state index contributed by atoms with van der Waals surface area (Å²) in [5.74, 6) is 0.574. The van der Waals surface area contributed by atoms with Gasteiger partial charge < -0.3 is 14.8 Å². The van der Waals surface area contributed by atoms with Crippen LogP contribution in [0.1, 0.15) is 10.4 Å². The van der Waals surface area contributed by atoms with Gasteiger partial charge in [0.2, 0.25) is 5.91 Å². The second-order valence-corrected chi connectivity index (χ2v) is 9.28. The Balaban J connectivity index is 1.53. The maximum atomic E-state index is 12.9. The number of nitrogens with zero attached hydrogens (tertiary/aromatic N) is 3. The first-order valence-corrected chi connectivity index (χ1v) is 12.8. The second-order valence-electron chi connectivity index (χ2n) is 7.45. The lowest BCUT2D eigenvalue weighted by Crippen LogP contribution is -2.16. The van der Waals surface area contributed by atoms with E-state index in [1.54, 1.807) is 13.2 Å². The van der Waals surface area contributed by atoms with E-state index >= 15 is 0 Å². The van der Waals surface area contributed by atoms with Crippen molar-refractivity contribution in [2.45, 2.75) is 11.7 Å². The normalized spacial score (nSPS) is 10.6. The van der Waals surface area contributed by atoms with Crippen molar-refractivity contribution in [2.75, 3.05) is 25.3 Å². The number of thiophene rings is 1. The lowest BCUT2D eigenvalue weighted by atomic mass is 10.0. The van der Waals surface area contributed by atoms with Gasteiger partial charge in [0.15, 0.2) is 11.0 Å². The molecule has 36 heavy (non-hydrogen) atoms. The fraction of sp³-hybridized carbons (Fsp3) is 0.154. The molecular formula is C26H24N4O4S2. The molecule has 2 heterocycles. The second kappa shape index (κ2) is 11.7. The van der Waals surface area contributed by atoms with Gasteiger partial charge in [-0.15, -0.1) is 28.1 Å². The monoisotopic (exact) mass is 520 g/mol. The maximum Gasteiger partial charge on any atom is 0.341 e. The van der Waals surface area contributed by atoms with Crippen LogP contribution in [-0.2, 0) is 16.1 Å². The third kappa shape index (κ3) is 5.34. The highest BCUT2D eigenvalue weighted by molar-refractivity contribution is 7.99. The van der Waals surface area contributed by atoms with Crippen molar-refractivity contribution < 1.29 is 19.1 Å². The summed E-state index contributed by atoms with van der Waals surface area (Å²) in [6, 6.07) is 17.0. The number of anilines is 1. The average Bonchev–Trinajstić information content (AvgIpc) is 3.51. The molecule has 2 aromatic heterocycles. The first kappa shape index (κ1) is 25.2. The standard InChI is InChI=1S/C26H24N4O4S2/c1-4-14-30-23(18-12-8-9-13-20(18)33-2)28-29-26(30)36-16-21(31)27-24-22(25(32)34-3)19(15-35-24)17-10-6-5-7-11-17/h4-13,15H,1,14,16H2,2-3H3,(H,27,31). The molecule has 4 rings (SSSR count). The summed E-state index contributed by atoms with van der Waals surface area (Å²) in [7, 11) is 2.92. The number of benzene rings is 2. The van der Waals surface area contributed by atoms with Crippen LogP contribution < -0.4 is 10.1 Å². The highest BCUT2D eigenvalue weighted by Gasteiger charge is 2.23. The number of nitrogens with one attached hydrogen (secondary N) is 1. The Kier molecular flexibility index (Phi) is 8.19. The smallest absolute Gasteiger partial charge is 0.341 e. The zero-order valence-corrected chi connectivity index (χ0v) is 21.4. The number of carbonyl (C=O) groups excluding carboxylic acids is 2. The molecule has 0 spiro atoms. The fourth-order valence-corrected chi connectivity index (χ4v) is 5.32. The summed E-state index contributed by atoms with van der Waals surface area (Å²) in [6.07, 6.45) is 1.74. The largest absolute Gasteiger partial charge is 0.496 e. The molecule has 8 nitrogen and oxygen atoms in total. The predicted molar refractivity (Wildman–Crippen MR) is 143 cm³/mol. The molecule has 0 aliphatic heterocycles. The van der Waals surface area contributed by atoms with Gasteiger partial charge in [0.1, 0.15) is 16.3 Å². The Hall–Kier alpha value is -3.89. The molecule has 0 bridgehead atoms. The van der Waals surface area contributed by atoms with Crippen molar-refractivity contribution in [2.24, 2.45) is 0 Å². The van der Waals surface area contributed by atoms with Crippen molar-refractivity contribution >= 4 is 40.0 Å². The van der Waals surface area contributed by atoms with Crippen LogP contribution in [0.4, 0.5) is 5.00 Å². The van der Waals surface area contributed by atoms with E-state index in [-0.39, 0.29) is 11.7 Å². The Morgan fingerprint density at radius 2 is 1.83 bits per heavy atom. The molecule has 0 aliphatic rings. The van der Waals surface area contributed by atoms with Gasteiger partial charge in [0, 0.05) is 17.5 Å². The third-order valence-corrected chi connectivity index (χ3v) is 7.09. The van der Waals surface area contributed by atoms with Crippen LogP contribution in [0.5, 0.6) is 5.75 Å². The van der Waals surface area contributed by atoms with E-state index < -0.39 is 5.97 Å². The van der Waals surface area contributed by atoms with Gasteiger partial charge in [-0.05, 0) is 17.7 Å². The highest BCUT2D eigenvalue weighted by Crippen LogP contribution is 2.36. The average molecular weight is 521 g/mol. The topological polar surface area (TPSA) is 95.3 Å². The molecule has 4 aromatic rings. The number of thioether (sulfide) groups is 1. The highest BCUT2D eigenvalue weighted by atomic mass is 32.2. The summed E-state index contributed by atoms with van der Waals surface area (Å²) in [5, 5.41) is 14.3. The quantitative estimate of drug-likeness (QED) is 0.170. The van der Waals surface area contributed by atoms with E-state index in [2.05, 4.69) is 22.1 Å². The predicted octanol–water partition coefficient (Wildman–Crippen LogP) is 5.39. The summed E-state index contributed by atoms with van der Waals surface area (Å²) in [6.45, 7) is 4.29. The number of hydrogen-bond acceptors (Lipinski definition) is 8. The number of rotatable bonds is 10. The SMILES string of the molecule is C=CCn1c(SCC(=O)Nc2scc(-c3ccccc3)c2C(=O)OC)nnc1-c1ccccc1OC. The van der Waals surface area contributed by atoms with Crippen LogP contribution in [0, 0.1) is 0 Å². The van der Waals surface area contributed by atoms with E-state index in [9.17, 15) is 9.59 Å². The first-order valence-electron chi connectivity index (χ1n) is 10.9. The van der Waals surface area contributed by atoms with Gasteiger partial charge in [-0.2, -0.15) is 0 Å². The van der Waals surface area contributed by atoms with Crippen molar-refractivity contribution in [1.82, 2.24) is 14.8 Å². The van der Waals surface area contributed by atoms with Gasteiger partial charge in [-0.25, -0.2) is 4.79 Å². The number of aromatic nitrogens is 3. The molecule has 184 valence electrons. The van der Waals surface area contributed by atoms with E-state index in [1.807, 2.05) is 64.5 Å². The van der Waals surface area contributed by atoms with Gasteiger partial charge in [-0.3, -0.25) is 9.36 Å². The Labute approximate surface area is 217 Å². The lowest BCUT2D eigenvalue weighted by molar-refractivity contribution is -0.113. The number of amides is 1. The summed E-state index contributed by atoms with van der Waals surface area (Å²) in [5.41, 5.74) is 2.70. The molecule has 0 saturated heterocycles. The van der Waals surface area contributed by atoms with E-state index in [1.165, 1.54) is 30.2 Å². The molecule has 0 saturated carbocycles. The fourth-order valence-electron chi connectivity index (χ4n) is 3.60. The van der Waals surface area contributed by atoms with Crippen LogP contribution >= 0.6 is 23.1 Å². The third-order valence-electron chi connectivity index (χ3n) is 5.23. The van der Waals surface area contributed by atoms with Crippen LogP contribution in [0.15, 0.2) is 77.8 Å². The van der Waals surface area contributed by atoms with Crippen molar-refractivity contribution in [3.8, 4) is 28.3 Å². The van der Waals surface area contributed by atoms with Gasteiger partial charge in [-0.1, -0.05) is 60.3 Å². The van der Waals surface area contributed by atoms with Crippen molar-refractivity contribution in [1.29, 1.82) is 0 Å². The van der Waals surface area contributed by atoms with E-state index in [4.69, 9.17) is 9.47 Å². The summed E-state index contributed by atoms with van der Waals surface area (Å²) >= 11 is 2.52. The van der Waals surface area contributed by atoms with Crippen LogP contribution in [0.25, 0.3) is 22.5 Å². The van der Waals surface area contributed by atoms with E-state index in [0.29, 0.717) is 39.4 Å². The number of ether oxygens (including phenoxy) is 2. The summed E-state index contributed by atoms with van der Waals surface area (Å²) in [4.78, 5) is 25.4. The number of esters is 1. The zero-order chi connectivity index (χ0) is 25.5.